The first-order valence-corrected chi connectivity index (χ1v) is 10.8. The monoisotopic (exact) mass is 428 g/mol. The van der Waals surface area contributed by atoms with Gasteiger partial charge in [-0.25, -0.2) is 9.18 Å². The van der Waals surface area contributed by atoms with Gasteiger partial charge in [0.15, 0.2) is 0 Å². The molecule has 2 aliphatic rings. The molecule has 166 valence electrons. The van der Waals surface area contributed by atoms with Gasteiger partial charge < -0.3 is 14.5 Å². The molecule has 2 aromatic rings. The number of fused-ring (bicyclic) bond motifs is 1. The molecule has 31 heavy (non-hydrogen) atoms. The van der Waals surface area contributed by atoms with E-state index in [1.165, 1.54) is 24.8 Å². The summed E-state index contributed by atoms with van der Waals surface area (Å²) in [4.78, 5) is 28.5. The third-order valence-electron chi connectivity index (χ3n) is 6.35. The highest BCUT2D eigenvalue weighted by molar-refractivity contribution is 5.77. The summed E-state index contributed by atoms with van der Waals surface area (Å²) in [6.45, 7) is 5.02. The average Bonchev–Trinajstić information content (AvgIpc) is 3.09. The van der Waals surface area contributed by atoms with E-state index in [1.54, 1.807) is 17.0 Å². The normalized spacial score (nSPS) is 18.6. The largest absolute Gasteiger partial charge is 0.453 e. The minimum Gasteiger partial charge on any atom is -0.453 e. The maximum absolute atomic E-state index is 13.2. The first kappa shape index (κ1) is 21.3. The van der Waals surface area contributed by atoms with Crippen LogP contribution in [0.5, 0.6) is 0 Å². The van der Waals surface area contributed by atoms with Crippen LogP contribution in [0, 0.1) is 18.7 Å². The molecule has 0 bridgehead atoms. The van der Waals surface area contributed by atoms with E-state index in [1.807, 2.05) is 16.5 Å². The number of carbonyl (C=O) groups excluding carboxylic acids is 2. The highest BCUT2D eigenvalue weighted by atomic mass is 19.1. The lowest BCUT2D eigenvalue weighted by Crippen LogP contribution is -2.43. The Kier molecular flexibility index (Phi) is 6.25. The summed E-state index contributed by atoms with van der Waals surface area (Å²) in [5, 5.41) is 4.69. The van der Waals surface area contributed by atoms with Crippen LogP contribution in [-0.2, 0) is 29.0 Å². The number of halogens is 1. The summed E-state index contributed by atoms with van der Waals surface area (Å²) in [7, 11) is 1.39. The zero-order chi connectivity index (χ0) is 22.0. The molecular weight excluding hydrogens is 399 g/mol. The van der Waals surface area contributed by atoms with Crippen LogP contribution in [0.4, 0.5) is 9.18 Å². The second-order valence-electron chi connectivity index (χ2n) is 8.49. The lowest BCUT2D eigenvalue weighted by molar-refractivity contribution is -0.133. The van der Waals surface area contributed by atoms with E-state index in [0.717, 1.165) is 36.2 Å². The van der Waals surface area contributed by atoms with Gasteiger partial charge >= 0.3 is 6.09 Å². The number of methoxy groups -OCH3 is 1. The molecule has 7 nitrogen and oxygen atoms in total. The van der Waals surface area contributed by atoms with Gasteiger partial charge in [0.05, 0.1) is 31.6 Å². The predicted molar refractivity (Wildman–Crippen MR) is 113 cm³/mol. The molecule has 1 atom stereocenters. The maximum Gasteiger partial charge on any atom is 0.409 e. The molecule has 0 N–H and O–H groups in total. The van der Waals surface area contributed by atoms with Gasteiger partial charge in [-0.2, -0.15) is 5.10 Å². The molecule has 2 amide bonds. The highest BCUT2D eigenvalue weighted by Crippen LogP contribution is 2.26. The first-order valence-electron chi connectivity index (χ1n) is 10.8. The van der Waals surface area contributed by atoms with E-state index >= 15 is 0 Å². The molecule has 0 radical (unpaired) electrons. The second kappa shape index (κ2) is 9.08. The SMILES string of the molecule is COC(=O)N1CCCC(CC(=O)N2CCc3c(C)nn(Cc4ccc(F)cc4)c3C2)C1. The number of nitrogens with zero attached hydrogens (tertiary/aromatic N) is 4. The predicted octanol–water partition coefficient (Wildman–Crippen LogP) is 3.13. The van der Waals surface area contributed by atoms with Crippen molar-refractivity contribution in [3.05, 3.63) is 52.6 Å². The van der Waals surface area contributed by atoms with Crippen molar-refractivity contribution in [2.45, 2.75) is 45.7 Å². The topological polar surface area (TPSA) is 67.7 Å². The number of aromatic nitrogens is 2. The van der Waals surface area contributed by atoms with Gasteiger partial charge in [-0.05, 0) is 55.4 Å². The van der Waals surface area contributed by atoms with Crippen LogP contribution >= 0.6 is 0 Å². The van der Waals surface area contributed by atoms with E-state index in [2.05, 4.69) is 5.10 Å². The van der Waals surface area contributed by atoms with Gasteiger partial charge in [0, 0.05) is 26.1 Å². The number of benzene rings is 1. The Bertz CT molecular complexity index is 956. The van der Waals surface area contributed by atoms with Crippen LogP contribution in [0.2, 0.25) is 0 Å². The summed E-state index contributed by atoms with van der Waals surface area (Å²) in [5.74, 6) is 0.0230. The van der Waals surface area contributed by atoms with E-state index in [-0.39, 0.29) is 23.7 Å². The van der Waals surface area contributed by atoms with Crippen LogP contribution in [-0.4, -0.2) is 58.3 Å². The van der Waals surface area contributed by atoms with Gasteiger partial charge in [0.2, 0.25) is 5.91 Å². The van der Waals surface area contributed by atoms with Crippen molar-refractivity contribution in [3.8, 4) is 0 Å². The molecule has 0 spiro atoms. The van der Waals surface area contributed by atoms with E-state index in [0.29, 0.717) is 39.1 Å². The van der Waals surface area contributed by atoms with Crippen molar-refractivity contribution in [1.29, 1.82) is 0 Å². The number of piperidine rings is 1. The Hall–Kier alpha value is -2.90. The molecule has 1 unspecified atom stereocenters. The number of likely N-dealkylation sites (tertiary alicyclic amines) is 1. The fourth-order valence-electron chi connectivity index (χ4n) is 4.68. The smallest absolute Gasteiger partial charge is 0.409 e. The van der Waals surface area contributed by atoms with Crippen molar-refractivity contribution >= 4 is 12.0 Å². The molecular formula is C23H29FN4O3. The van der Waals surface area contributed by atoms with Crippen LogP contribution in [0.15, 0.2) is 24.3 Å². The minimum absolute atomic E-state index is 0.120. The van der Waals surface area contributed by atoms with Gasteiger partial charge in [0.1, 0.15) is 5.82 Å². The van der Waals surface area contributed by atoms with Crippen molar-refractivity contribution in [3.63, 3.8) is 0 Å². The number of hydrogen-bond donors (Lipinski definition) is 0. The molecule has 2 aliphatic heterocycles. The van der Waals surface area contributed by atoms with Crippen molar-refractivity contribution in [1.82, 2.24) is 19.6 Å². The first-order chi connectivity index (χ1) is 14.9. The number of hydrogen-bond acceptors (Lipinski definition) is 4. The summed E-state index contributed by atoms with van der Waals surface area (Å²) in [6.07, 6.45) is 2.74. The third-order valence-corrected chi connectivity index (χ3v) is 6.35. The standard InChI is InChI=1S/C23H29FN4O3/c1-16-20-9-11-26(22(29)12-18-4-3-10-27(13-18)23(30)31-2)15-21(20)28(25-16)14-17-5-7-19(24)8-6-17/h5-8,18H,3-4,9-15H2,1-2H3. The summed E-state index contributed by atoms with van der Waals surface area (Å²) in [6, 6.07) is 6.44. The zero-order valence-corrected chi connectivity index (χ0v) is 18.1. The Labute approximate surface area is 181 Å². The summed E-state index contributed by atoms with van der Waals surface area (Å²) >= 11 is 0. The van der Waals surface area contributed by atoms with E-state index in [4.69, 9.17) is 4.74 Å². The van der Waals surface area contributed by atoms with Crippen LogP contribution in [0.3, 0.4) is 0 Å². The lowest BCUT2D eigenvalue weighted by atomic mass is 9.94. The number of carbonyl (C=O) groups is 2. The minimum atomic E-state index is -0.320. The van der Waals surface area contributed by atoms with Gasteiger partial charge in [-0.15, -0.1) is 0 Å². The quantitative estimate of drug-likeness (QED) is 0.750. The van der Waals surface area contributed by atoms with Crippen LogP contribution in [0.25, 0.3) is 0 Å². The fourth-order valence-corrected chi connectivity index (χ4v) is 4.68. The Morgan fingerprint density at radius 1 is 1.19 bits per heavy atom. The molecule has 1 aromatic heterocycles. The number of rotatable bonds is 4. The molecule has 1 saturated heterocycles. The Morgan fingerprint density at radius 2 is 1.97 bits per heavy atom. The number of amides is 2. The third kappa shape index (κ3) is 4.73. The lowest BCUT2D eigenvalue weighted by Gasteiger charge is -2.33. The second-order valence-corrected chi connectivity index (χ2v) is 8.49. The molecule has 0 aliphatic carbocycles. The summed E-state index contributed by atoms with van der Waals surface area (Å²) in [5.41, 5.74) is 4.23. The molecule has 4 rings (SSSR count). The summed E-state index contributed by atoms with van der Waals surface area (Å²) < 4.78 is 20.0. The van der Waals surface area contributed by atoms with E-state index in [9.17, 15) is 14.0 Å². The van der Waals surface area contributed by atoms with Crippen molar-refractivity contribution < 1.29 is 18.7 Å². The van der Waals surface area contributed by atoms with Crippen molar-refractivity contribution in [2.75, 3.05) is 26.7 Å². The maximum atomic E-state index is 13.2. The number of ether oxygens (including phenoxy) is 1. The number of aryl methyl sites for hydroxylation is 1. The zero-order valence-electron chi connectivity index (χ0n) is 18.1. The Morgan fingerprint density at radius 3 is 2.71 bits per heavy atom. The highest BCUT2D eigenvalue weighted by Gasteiger charge is 2.30. The molecule has 0 saturated carbocycles. The van der Waals surface area contributed by atoms with Gasteiger partial charge in [0.25, 0.3) is 0 Å². The van der Waals surface area contributed by atoms with E-state index < -0.39 is 0 Å². The molecule has 1 fully saturated rings. The molecule has 3 heterocycles. The molecule has 1 aromatic carbocycles. The van der Waals surface area contributed by atoms with Gasteiger partial charge in [-0.3, -0.25) is 9.48 Å². The van der Waals surface area contributed by atoms with Crippen LogP contribution < -0.4 is 0 Å². The van der Waals surface area contributed by atoms with Crippen molar-refractivity contribution in [2.24, 2.45) is 5.92 Å². The van der Waals surface area contributed by atoms with Gasteiger partial charge in [-0.1, -0.05) is 12.1 Å². The average molecular weight is 429 g/mol. The fraction of sp³-hybridized carbons (Fsp3) is 0.522. The van der Waals surface area contributed by atoms with Crippen LogP contribution in [0.1, 0.15) is 41.8 Å². The Balaban J connectivity index is 1.42. The molecule has 8 heteroatoms.